The first-order valence-corrected chi connectivity index (χ1v) is 6.44. The predicted octanol–water partition coefficient (Wildman–Crippen LogP) is 2.38. The van der Waals surface area contributed by atoms with E-state index in [4.69, 9.17) is 10.5 Å². The second-order valence-corrected chi connectivity index (χ2v) is 5.81. The summed E-state index contributed by atoms with van der Waals surface area (Å²) in [5.74, 6) is 0.965. The maximum absolute atomic E-state index is 5.57. The molecule has 0 atom stereocenters. The maximum Gasteiger partial charge on any atom is 0.122 e. The van der Waals surface area contributed by atoms with Crippen molar-refractivity contribution in [2.75, 3.05) is 27.2 Å². The molecule has 1 rings (SSSR count). The Balaban J connectivity index is 2.96. The number of methoxy groups -OCH3 is 1. The van der Waals surface area contributed by atoms with Crippen molar-refractivity contribution < 1.29 is 4.74 Å². The molecule has 0 saturated carbocycles. The van der Waals surface area contributed by atoms with Crippen molar-refractivity contribution in [3.05, 3.63) is 29.3 Å². The summed E-state index contributed by atoms with van der Waals surface area (Å²) < 4.78 is 5.45. The Morgan fingerprint density at radius 1 is 1.28 bits per heavy atom. The van der Waals surface area contributed by atoms with Crippen LogP contribution in [0.5, 0.6) is 5.75 Å². The minimum Gasteiger partial charge on any atom is -0.496 e. The van der Waals surface area contributed by atoms with Crippen molar-refractivity contribution >= 4 is 0 Å². The second-order valence-electron chi connectivity index (χ2n) is 5.81. The first kappa shape index (κ1) is 15.0. The lowest BCUT2D eigenvalue weighted by Crippen LogP contribution is -2.25. The summed E-state index contributed by atoms with van der Waals surface area (Å²) in [5.41, 5.74) is 8.21. The van der Waals surface area contributed by atoms with Gasteiger partial charge in [-0.1, -0.05) is 32.9 Å². The molecule has 0 unspecified atom stereocenters. The predicted molar refractivity (Wildman–Crippen MR) is 77.1 cm³/mol. The fourth-order valence-corrected chi connectivity index (χ4v) is 2.05. The van der Waals surface area contributed by atoms with Crippen LogP contribution in [-0.4, -0.2) is 32.1 Å². The van der Waals surface area contributed by atoms with Gasteiger partial charge in [0.15, 0.2) is 0 Å². The Morgan fingerprint density at radius 2 is 1.94 bits per heavy atom. The Bertz CT molecular complexity index is 383. The molecule has 0 aliphatic heterocycles. The molecule has 0 aromatic heterocycles. The second kappa shape index (κ2) is 6.21. The Kier molecular flexibility index (Phi) is 5.17. The van der Waals surface area contributed by atoms with E-state index >= 15 is 0 Å². The number of nitrogens with two attached hydrogens (primary N) is 1. The van der Waals surface area contributed by atoms with Crippen LogP contribution in [0.1, 0.15) is 31.9 Å². The summed E-state index contributed by atoms with van der Waals surface area (Å²) >= 11 is 0. The van der Waals surface area contributed by atoms with Crippen LogP contribution >= 0.6 is 0 Å². The maximum atomic E-state index is 5.57. The molecule has 3 nitrogen and oxygen atoms in total. The van der Waals surface area contributed by atoms with E-state index < -0.39 is 0 Å². The molecule has 102 valence electrons. The highest BCUT2D eigenvalue weighted by Gasteiger charge is 2.19. The van der Waals surface area contributed by atoms with E-state index in [1.165, 1.54) is 11.1 Å². The molecule has 0 heterocycles. The largest absolute Gasteiger partial charge is 0.496 e. The van der Waals surface area contributed by atoms with Crippen LogP contribution in [0, 0.1) is 0 Å². The van der Waals surface area contributed by atoms with Crippen LogP contribution in [0.3, 0.4) is 0 Å². The fraction of sp³-hybridized carbons (Fsp3) is 0.600. The SMILES string of the molecule is COc1ccc(CN(C)CCN)cc1C(C)(C)C. The van der Waals surface area contributed by atoms with E-state index in [-0.39, 0.29) is 5.41 Å². The lowest BCUT2D eigenvalue weighted by atomic mass is 9.85. The topological polar surface area (TPSA) is 38.5 Å². The third kappa shape index (κ3) is 4.00. The quantitative estimate of drug-likeness (QED) is 0.872. The average molecular weight is 250 g/mol. The Hall–Kier alpha value is -1.06. The van der Waals surface area contributed by atoms with E-state index in [1.807, 2.05) is 0 Å². The molecular weight excluding hydrogens is 224 g/mol. The smallest absolute Gasteiger partial charge is 0.122 e. The molecule has 0 aliphatic rings. The lowest BCUT2D eigenvalue weighted by molar-refractivity contribution is 0.335. The fourth-order valence-electron chi connectivity index (χ4n) is 2.05. The average Bonchev–Trinajstić information content (AvgIpc) is 2.28. The molecule has 1 aromatic rings. The number of nitrogens with zero attached hydrogens (tertiary/aromatic N) is 1. The van der Waals surface area contributed by atoms with E-state index in [9.17, 15) is 0 Å². The minimum absolute atomic E-state index is 0.0911. The first-order chi connectivity index (χ1) is 8.38. The molecule has 0 fully saturated rings. The molecular formula is C15H26N2O. The van der Waals surface area contributed by atoms with Gasteiger partial charge in [-0.3, -0.25) is 0 Å². The van der Waals surface area contributed by atoms with Gasteiger partial charge < -0.3 is 15.4 Å². The molecule has 2 N–H and O–H groups in total. The highest BCUT2D eigenvalue weighted by atomic mass is 16.5. The summed E-state index contributed by atoms with van der Waals surface area (Å²) in [6.07, 6.45) is 0. The van der Waals surface area contributed by atoms with Gasteiger partial charge in [-0.2, -0.15) is 0 Å². The Morgan fingerprint density at radius 3 is 2.44 bits per heavy atom. The van der Waals surface area contributed by atoms with E-state index in [1.54, 1.807) is 7.11 Å². The van der Waals surface area contributed by atoms with Gasteiger partial charge >= 0.3 is 0 Å². The molecule has 0 spiro atoms. The molecule has 0 radical (unpaired) electrons. The van der Waals surface area contributed by atoms with E-state index in [2.05, 4.69) is 50.9 Å². The van der Waals surface area contributed by atoms with Crippen LogP contribution in [0.25, 0.3) is 0 Å². The van der Waals surface area contributed by atoms with Gasteiger partial charge in [-0.15, -0.1) is 0 Å². The van der Waals surface area contributed by atoms with Crippen LogP contribution in [0.4, 0.5) is 0 Å². The van der Waals surface area contributed by atoms with E-state index in [0.29, 0.717) is 6.54 Å². The first-order valence-electron chi connectivity index (χ1n) is 6.44. The highest BCUT2D eigenvalue weighted by molar-refractivity contribution is 5.41. The number of hydrogen-bond donors (Lipinski definition) is 1. The van der Waals surface area contributed by atoms with Crippen molar-refractivity contribution in [1.29, 1.82) is 0 Å². The monoisotopic (exact) mass is 250 g/mol. The summed E-state index contributed by atoms with van der Waals surface area (Å²) in [5, 5.41) is 0. The number of benzene rings is 1. The zero-order chi connectivity index (χ0) is 13.8. The third-order valence-corrected chi connectivity index (χ3v) is 3.04. The van der Waals surface area contributed by atoms with Crippen molar-refractivity contribution in [3.8, 4) is 5.75 Å². The van der Waals surface area contributed by atoms with Gasteiger partial charge in [-0.05, 0) is 29.7 Å². The molecule has 18 heavy (non-hydrogen) atoms. The molecule has 0 aliphatic carbocycles. The standard InChI is InChI=1S/C15H26N2O/c1-15(2,3)13-10-12(6-7-14(13)18-5)11-17(4)9-8-16/h6-7,10H,8-9,11,16H2,1-5H3. The summed E-state index contributed by atoms with van der Waals surface area (Å²) in [6.45, 7) is 9.15. The molecule has 1 aromatic carbocycles. The minimum atomic E-state index is 0.0911. The van der Waals surface area contributed by atoms with Crippen LogP contribution < -0.4 is 10.5 Å². The summed E-state index contributed by atoms with van der Waals surface area (Å²) in [6, 6.07) is 6.43. The Labute approximate surface area is 111 Å². The number of hydrogen-bond acceptors (Lipinski definition) is 3. The van der Waals surface area contributed by atoms with Crippen molar-refractivity contribution in [1.82, 2.24) is 4.90 Å². The summed E-state index contributed by atoms with van der Waals surface area (Å²) in [4.78, 5) is 2.23. The van der Waals surface area contributed by atoms with Gasteiger partial charge in [0.05, 0.1) is 7.11 Å². The highest BCUT2D eigenvalue weighted by Crippen LogP contribution is 2.32. The third-order valence-electron chi connectivity index (χ3n) is 3.04. The number of likely N-dealkylation sites (N-methyl/N-ethyl adjacent to an activating group) is 1. The van der Waals surface area contributed by atoms with Crippen LogP contribution in [0.15, 0.2) is 18.2 Å². The molecule has 0 saturated heterocycles. The zero-order valence-electron chi connectivity index (χ0n) is 12.3. The van der Waals surface area contributed by atoms with Gasteiger partial charge in [-0.25, -0.2) is 0 Å². The van der Waals surface area contributed by atoms with Gasteiger partial charge in [0.25, 0.3) is 0 Å². The van der Waals surface area contributed by atoms with E-state index in [0.717, 1.165) is 18.8 Å². The van der Waals surface area contributed by atoms with Gasteiger partial charge in [0.1, 0.15) is 5.75 Å². The normalized spacial score (nSPS) is 11.9. The lowest BCUT2D eigenvalue weighted by Gasteiger charge is -2.24. The van der Waals surface area contributed by atoms with Crippen molar-refractivity contribution in [2.45, 2.75) is 32.7 Å². The molecule has 3 heteroatoms. The zero-order valence-corrected chi connectivity index (χ0v) is 12.3. The van der Waals surface area contributed by atoms with Crippen molar-refractivity contribution in [3.63, 3.8) is 0 Å². The molecule has 0 bridgehead atoms. The van der Waals surface area contributed by atoms with Crippen molar-refractivity contribution in [2.24, 2.45) is 5.73 Å². The van der Waals surface area contributed by atoms with Crippen LogP contribution in [-0.2, 0) is 12.0 Å². The number of rotatable bonds is 5. The number of ether oxygens (including phenoxy) is 1. The van der Waals surface area contributed by atoms with Gasteiger partial charge in [0, 0.05) is 19.6 Å². The van der Waals surface area contributed by atoms with Crippen LogP contribution in [0.2, 0.25) is 0 Å². The summed E-state index contributed by atoms with van der Waals surface area (Å²) in [7, 11) is 3.82. The van der Waals surface area contributed by atoms with Gasteiger partial charge in [0.2, 0.25) is 0 Å². The molecule has 0 amide bonds.